The fraction of sp³-hybridized carbons (Fsp3) is 0.273. The highest BCUT2D eigenvalue weighted by Gasteiger charge is 2.13. The van der Waals surface area contributed by atoms with E-state index in [4.69, 9.17) is 0 Å². The summed E-state index contributed by atoms with van der Waals surface area (Å²) >= 11 is 0. The molecule has 0 fully saturated rings. The van der Waals surface area contributed by atoms with Crippen molar-refractivity contribution in [1.82, 2.24) is 14.8 Å². The summed E-state index contributed by atoms with van der Waals surface area (Å²) in [5, 5.41) is 21.6. The number of aromatic nitrogens is 3. The van der Waals surface area contributed by atoms with Crippen LogP contribution in [0.25, 0.3) is 0 Å². The largest absolute Gasteiger partial charge is 0.377 e. The number of benzene rings is 1. The Bertz CT molecular complexity index is 579. The van der Waals surface area contributed by atoms with Crippen molar-refractivity contribution < 1.29 is 4.92 Å². The molecule has 0 atom stereocenters. The van der Waals surface area contributed by atoms with Crippen LogP contribution in [0.4, 0.5) is 11.4 Å². The Labute approximate surface area is 104 Å². The van der Waals surface area contributed by atoms with Crippen LogP contribution in [0.1, 0.15) is 11.4 Å². The van der Waals surface area contributed by atoms with Crippen LogP contribution in [-0.2, 0) is 13.6 Å². The van der Waals surface area contributed by atoms with E-state index in [2.05, 4.69) is 15.5 Å². The summed E-state index contributed by atoms with van der Waals surface area (Å²) in [6, 6.07) is 4.95. The molecule has 0 saturated carbocycles. The molecule has 1 N–H and O–H groups in total. The number of aryl methyl sites for hydroxylation is 1. The summed E-state index contributed by atoms with van der Waals surface area (Å²) in [5.74, 6) is 0.765. The highest BCUT2D eigenvalue weighted by atomic mass is 16.6. The van der Waals surface area contributed by atoms with E-state index >= 15 is 0 Å². The number of rotatable bonds is 4. The molecule has 0 saturated heterocycles. The highest BCUT2D eigenvalue weighted by molar-refractivity contribution is 5.59. The molecule has 18 heavy (non-hydrogen) atoms. The van der Waals surface area contributed by atoms with Crippen molar-refractivity contribution in [2.75, 3.05) is 5.32 Å². The Morgan fingerprint density at radius 2 is 2.28 bits per heavy atom. The number of anilines is 1. The first-order chi connectivity index (χ1) is 8.59. The molecule has 7 nitrogen and oxygen atoms in total. The van der Waals surface area contributed by atoms with Gasteiger partial charge >= 0.3 is 0 Å². The zero-order chi connectivity index (χ0) is 13.1. The van der Waals surface area contributed by atoms with Gasteiger partial charge in [0.05, 0.1) is 11.5 Å². The van der Waals surface area contributed by atoms with Crippen molar-refractivity contribution in [2.45, 2.75) is 13.5 Å². The number of nitrogens with zero attached hydrogens (tertiary/aromatic N) is 4. The van der Waals surface area contributed by atoms with E-state index in [1.54, 1.807) is 30.0 Å². The monoisotopic (exact) mass is 247 g/mol. The summed E-state index contributed by atoms with van der Waals surface area (Å²) < 4.78 is 1.79. The van der Waals surface area contributed by atoms with Gasteiger partial charge in [-0.15, -0.1) is 10.2 Å². The zero-order valence-corrected chi connectivity index (χ0v) is 10.1. The maximum absolute atomic E-state index is 10.8. The summed E-state index contributed by atoms with van der Waals surface area (Å²) in [6.07, 6.45) is 1.61. The topological polar surface area (TPSA) is 85.9 Å². The minimum atomic E-state index is -0.386. The lowest BCUT2D eigenvalue weighted by Crippen LogP contribution is -2.07. The van der Waals surface area contributed by atoms with Gasteiger partial charge in [-0.05, 0) is 13.0 Å². The van der Waals surface area contributed by atoms with Crippen LogP contribution in [0, 0.1) is 17.0 Å². The molecule has 1 aromatic heterocycles. The maximum Gasteiger partial charge on any atom is 0.274 e. The minimum absolute atomic E-state index is 0.109. The third-order valence-electron chi connectivity index (χ3n) is 2.74. The smallest absolute Gasteiger partial charge is 0.274 e. The number of nitro groups is 1. The standard InChI is InChI=1S/C11H13N5O2/c1-8-9(4-3-5-10(8)16(17)18)12-6-11-14-13-7-15(11)2/h3-5,7,12H,6H2,1-2H3. The first-order valence-electron chi connectivity index (χ1n) is 5.40. The quantitative estimate of drug-likeness (QED) is 0.655. The lowest BCUT2D eigenvalue weighted by Gasteiger charge is -2.08. The van der Waals surface area contributed by atoms with Gasteiger partial charge in [0.1, 0.15) is 6.33 Å². The van der Waals surface area contributed by atoms with Gasteiger partial charge in [-0.25, -0.2) is 0 Å². The van der Waals surface area contributed by atoms with E-state index in [1.807, 2.05) is 7.05 Å². The van der Waals surface area contributed by atoms with Crippen LogP contribution < -0.4 is 5.32 Å². The normalized spacial score (nSPS) is 10.3. The number of hydrogen-bond donors (Lipinski definition) is 1. The molecule has 7 heteroatoms. The first-order valence-corrected chi connectivity index (χ1v) is 5.40. The van der Waals surface area contributed by atoms with Crippen LogP contribution in [-0.4, -0.2) is 19.7 Å². The minimum Gasteiger partial charge on any atom is -0.377 e. The fourth-order valence-corrected chi connectivity index (χ4v) is 1.65. The molecule has 2 aromatic rings. The molecular formula is C11H13N5O2. The number of hydrogen-bond acceptors (Lipinski definition) is 5. The van der Waals surface area contributed by atoms with E-state index < -0.39 is 0 Å². The summed E-state index contributed by atoms with van der Waals surface area (Å²) in [5.41, 5.74) is 1.45. The molecule has 0 bridgehead atoms. The molecule has 0 aliphatic carbocycles. The Morgan fingerprint density at radius 1 is 1.50 bits per heavy atom. The van der Waals surface area contributed by atoms with Gasteiger partial charge < -0.3 is 9.88 Å². The van der Waals surface area contributed by atoms with Crippen molar-refractivity contribution in [3.8, 4) is 0 Å². The maximum atomic E-state index is 10.8. The average Bonchev–Trinajstić information content (AvgIpc) is 2.73. The Morgan fingerprint density at radius 3 is 2.89 bits per heavy atom. The Balaban J connectivity index is 2.17. The molecule has 0 spiro atoms. The highest BCUT2D eigenvalue weighted by Crippen LogP contribution is 2.25. The van der Waals surface area contributed by atoms with Crippen LogP contribution in [0.3, 0.4) is 0 Å². The van der Waals surface area contributed by atoms with Crippen LogP contribution >= 0.6 is 0 Å². The third kappa shape index (κ3) is 2.29. The van der Waals surface area contributed by atoms with Gasteiger partial charge in [-0.2, -0.15) is 0 Å². The summed E-state index contributed by atoms with van der Waals surface area (Å²) in [6.45, 7) is 2.19. The van der Waals surface area contributed by atoms with E-state index in [0.717, 1.165) is 11.5 Å². The van der Waals surface area contributed by atoms with Crippen LogP contribution in [0.5, 0.6) is 0 Å². The van der Waals surface area contributed by atoms with Gasteiger partial charge in [0, 0.05) is 24.4 Å². The van der Waals surface area contributed by atoms with E-state index in [9.17, 15) is 10.1 Å². The van der Waals surface area contributed by atoms with Crippen molar-refractivity contribution in [3.63, 3.8) is 0 Å². The summed E-state index contributed by atoms with van der Waals surface area (Å²) in [4.78, 5) is 10.4. The van der Waals surface area contributed by atoms with E-state index in [0.29, 0.717) is 12.1 Å². The van der Waals surface area contributed by atoms with Crippen LogP contribution in [0.15, 0.2) is 24.5 Å². The van der Waals surface area contributed by atoms with Gasteiger partial charge in [-0.1, -0.05) is 6.07 Å². The second-order valence-electron chi connectivity index (χ2n) is 3.92. The van der Waals surface area contributed by atoms with Crippen molar-refractivity contribution in [2.24, 2.45) is 7.05 Å². The van der Waals surface area contributed by atoms with Gasteiger partial charge in [-0.3, -0.25) is 10.1 Å². The second kappa shape index (κ2) is 4.82. The lowest BCUT2D eigenvalue weighted by molar-refractivity contribution is -0.385. The lowest BCUT2D eigenvalue weighted by atomic mass is 10.1. The van der Waals surface area contributed by atoms with Gasteiger partial charge in [0.2, 0.25) is 0 Å². The average molecular weight is 247 g/mol. The molecule has 94 valence electrons. The van der Waals surface area contributed by atoms with E-state index in [1.165, 1.54) is 6.07 Å². The Kier molecular flexibility index (Phi) is 3.22. The molecule has 0 radical (unpaired) electrons. The molecule has 2 rings (SSSR count). The third-order valence-corrected chi connectivity index (χ3v) is 2.74. The predicted molar refractivity (Wildman–Crippen MR) is 66.2 cm³/mol. The molecule has 0 amide bonds. The number of nitro benzene ring substituents is 1. The van der Waals surface area contributed by atoms with E-state index in [-0.39, 0.29) is 10.6 Å². The molecule has 0 aliphatic heterocycles. The molecular weight excluding hydrogens is 234 g/mol. The summed E-state index contributed by atoms with van der Waals surface area (Å²) in [7, 11) is 1.84. The van der Waals surface area contributed by atoms with Crippen LogP contribution in [0.2, 0.25) is 0 Å². The SMILES string of the molecule is Cc1c(NCc2nncn2C)cccc1[N+](=O)[O-]. The Hall–Kier alpha value is -2.44. The molecule has 1 heterocycles. The van der Waals surface area contributed by atoms with Crippen molar-refractivity contribution >= 4 is 11.4 Å². The zero-order valence-electron chi connectivity index (χ0n) is 10.1. The number of nitrogens with one attached hydrogen (secondary N) is 1. The molecule has 0 unspecified atom stereocenters. The van der Waals surface area contributed by atoms with Gasteiger partial charge in [0.25, 0.3) is 5.69 Å². The first kappa shape index (κ1) is 12.0. The van der Waals surface area contributed by atoms with Crippen molar-refractivity contribution in [3.05, 3.63) is 46.0 Å². The second-order valence-corrected chi connectivity index (χ2v) is 3.92. The fourth-order valence-electron chi connectivity index (χ4n) is 1.65. The molecule has 1 aromatic carbocycles. The molecule has 0 aliphatic rings. The van der Waals surface area contributed by atoms with Crippen molar-refractivity contribution in [1.29, 1.82) is 0 Å². The van der Waals surface area contributed by atoms with Gasteiger partial charge in [0.15, 0.2) is 5.82 Å². The predicted octanol–water partition coefficient (Wildman–Crippen LogP) is 1.64.